The Labute approximate surface area is 75.7 Å². The second-order valence-corrected chi connectivity index (χ2v) is 1.82. The van der Waals surface area contributed by atoms with Crippen molar-refractivity contribution in [2.75, 3.05) is 0 Å². The number of hydrogen-bond acceptors (Lipinski definition) is 2. The zero-order valence-corrected chi connectivity index (χ0v) is 4.84. The third-order valence-electron chi connectivity index (χ3n) is 0.735. The molecule has 3 nitrogen and oxygen atoms in total. The first-order valence-corrected chi connectivity index (χ1v) is 2.33. The van der Waals surface area contributed by atoms with Gasteiger partial charge in [0.2, 0.25) is 5.78 Å². The van der Waals surface area contributed by atoms with Crippen molar-refractivity contribution < 1.29 is 14.7 Å². The third kappa shape index (κ3) is 4.63. The molecule has 0 aliphatic rings. The molecule has 4 heteroatoms. The second kappa shape index (κ2) is 4.97. The number of carboxylic acids is 1. The number of carbonyl (C=O) groups is 2. The fourth-order valence-corrected chi connectivity index (χ4v) is 0.247. The van der Waals surface area contributed by atoms with Crippen LogP contribution in [0.25, 0.3) is 0 Å². The summed E-state index contributed by atoms with van der Waals surface area (Å²) >= 11 is 0. The van der Waals surface area contributed by atoms with Crippen LogP contribution in [0.5, 0.6) is 0 Å². The SMILES string of the molecule is CC(C)C(=O)C(=O)O.[NaH]. The van der Waals surface area contributed by atoms with Gasteiger partial charge < -0.3 is 5.11 Å². The molecule has 0 saturated carbocycles. The zero-order valence-electron chi connectivity index (χ0n) is 4.84. The summed E-state index contributed by atoms with van der Waals surface area (Å²) in [4.78, 5) is 20.0. The molecule has 1 N–H and O–H groups in total. The van der Waals surface area contributed by atoms with Crippen LogP contribution in [0.4, 0.5) is 0 Å². The van der Waals surface area contributed by atoms with Gasteiger partial charge in [-0.25, -0.2) is 4.79 Å². The van der Waals surface area contributed by atoms with Gasteiger partial charge in [0.05, 0.1) is 0 Å². The first-order chi connectivity index (χ1) is 3.55. The average molecular weight is 140 g/mol. The maximum absolute atomic E-state index is 10.2. The molecule has 0 aliphatic heterocycles. The predicted molar refractivity (Wildman–Crippen MR) is 34.6 cm³/mol. The van der Waals surface area contributed by atoms with E-state index in [1.807, 2.05) is 0 Å². The van der Waals surface area contributed by atoms with Crippen molar-refractivity contribution in [1.82, 2.24) is 0 Å². The Morgan fingerprint density at radius 3 is 1.67 bits per heavy atom. The number of Topliss-reactive ketones (excluding diaryl/α,β-unsaturated/α-hetero) is 1. The Morgan fingerprint density at radius 1 is 1.33 bits per heavy atom. The molecular weight excluding hydrogens is 131 g/mol. The van der Waals surface area contributed by atoms with E-state index in [0.29, 0.717) is 0 Å². The van der Waals surface area contributed by atoms with E-state index in [1.54, 1.807) is 13.8 Å². The summed E-state index contributed by atoms with van der Waals surface area (Å²) in [6.07, 6.45) is 0. The predicted octanol–water partition coefficient (Wildman–Crippen LogP) is -0.352. The Morgan fingerprint density at radius 2 is 1.67 bits per heavy atom. The summed E-state index contributed by atoms with van der Waals surface area (Å²) < 4.78 is 0. The van der Waals surface area contributed by atoms with E-state index >= 15 is 0 Å². The maximum atomic E-state index is 10.2. The fraction of sp³-hybridized carbons (Fsp3) is 0.600. The minimum atomic E-state index is -1.35. The zero-order chi connectivity index (χ0) is 6.73. The van der Waals surface area contributed by atoms with Gasteiger partial charge in [-0.05, 0) is 0 Å². The van der Waals surface area contributed by atoms with Crippen LogP contribution < -0.4 is 0 Å². The van der Waals surface area contributed by atoms with Gasteiger partial charge in [0, 0.05) is 5.92 Å². The Bertz CT molecular complexity index is 119. The van der Waals surface area contributed by atoms with Crippen LogP contribution >= 0.6 is 0 Å². The van der Waals surface area contributed by atoms with Crippen molar-refractivity contribution in [2.45, 2.75) is 13.8 Å². The van der Waals surface area contributed by atoms with Gasteiger partial charge in [-0.1, -0.05) is 13.8 Å². The van der Waals surface area contributed by atoms with Crippen molar-refractivity contribution in [3.05, 3.63) is 0 Å². The van der Waals surface area contributed by atoms with Gasteiger partial charge in [-0.2, -0.15) is 0 Å². The molecule has 0 bridgehead atoms. The summed E-state index contributed by atoms with van der Waals surface area (Å²) in [5.41, 5.74) is 0. The molecule has 0 aromatic rings. The van der Waals surface area contributed by atoms with Gasteiger partial charge in [0.15, 0.2) is 0 Å². The minimum absolute atomic E-state index is 0. The summed E-state index contributed by atoms with van der Waals surface area (Å²) in [5.74, 6) is -2.47. The van der Waals surface area contributed by atoms with Gasteiger partial charge in [0.25, 0.3) is 0 Å². The first-order valence-electron chi connectivity index (χ1n) is 2.33. The molecule has 0 atom stereocenters. The molecule has 0 rings (SSSR count). The van der Waals surface area contributed by atoms with Gasteiger partial charge in [-0.3, -0.25) is 4.79 Å². The molecule has 48 valence electrons. The molecule has 0 aromatic carbocycles. The Balaban J connectivity index is 0. The van der Waals surface area contributed by atoms with E-state index in [2.05, 4.69) is 0 Å². The van der Waals surface area contributed by atoms with Crippen molar-refractivity contribution in [1.29, 1.82) is 0 Å². The van der Waals surface area contributed by atoms with E-state index in [0.717, 1.165) is 0 Å². The monoisotopic (exact) mass is 140 g/mol. The number of carboxylic acid groups (broad SMARTS) is 1. The summed E-state index contributed by atoms with van der Waals surface area (Å²) in [6.45, 7) is 3.10. The van der Waals surface area contributed by atoms with Crippen molar-refractivity contribution >= 4 is 41.3 Å². The van der Waals surface area contributed by atoms with Crippen LogP contribution in [0.1, 0.15) is 13.8 Å². The average Bonchev–Trinajstić information content (AvgIpc) is 1.64. The Hall–Kier alpha value is 0.140. The van der Waals surface area contributed by atoms with E-state index in [1.165, 1.54) is 0 Å². The van der Waals surface area contributed by atoms with E-state index in [-0.39, 0.29) is 29.6 Å². The number of aliphatic carboxylic acids is 1. The normalized spacial score (nSPS) is 8.33. The van der Waals surface area contributed by atoms with Crippen LogP contribution in [0, 0.1) is 5.92 Å². The van der Waals surface area contributed by atoms with Crippen LogP contribution in [0.2, 0.25) is 0 Å². The van der Waals surface area contributed by atoms with E-state index in [4.69, 9.17) is 5.11 Å². The second-order valence-electron chi connectivity index (χ2n) is 1.82. The summed E-state index contributed by atoms with van der Waals surface area (Å²) in [5, 5.41) is 8.00. The van der Waals surface area contributed by atoms with Gasteiger partial charge in [-0.15, -0.1) is 0 Å². The molecule has 0 saturated heterocycles. The molecule has 9 heavy (non-hydrogen) atoms. The molecule has 0 aromatic heterocycles. The standard InChI is InChI=1S/C5H8O3.Na.H/c1-3(2)4(6)5(7)8;;/h3H,1-2H3,(H,7,8);;. The Kier molecular flexibility index (Phi) is 6.56. The van der Waals surface area contributed by atoms with E-state index in [9.17, 15) is 9.59 Å². The molecule has 0 fully saturated rings. The quantitative estimate of drug-likeness (QED) is 0.421. The van der Waals surface area contributed by atoms with Crippen LogP contribution in [-0.2, 0) is 9.59 Å². The topological polar surface area (TPSA) is 54.4 Å². The van der Waals surface area contributed by atoms with Crippen LogP contribution in [0.15, 0.2) is 0 Å². The number of hydrogen-bond donors (Lipinski definition) is 1. The molecule has 0 unspecified atom stereocenters. The molecule has 0 heterocycles. The number of ketones is 1. The van der Waals surface area contributed by atoms with Gasteiger partial charge in [0.1, 0.15) is 0 Å². The number of carbonyl (C=O) groups excluding carboxylic acids is 1. The van der Waals surface area contributed by atoms with Gasteiger partial charge >= 0.3 is 35.5 Å². The first kappa shape index (κ1) is 11.9. The van der Waals surface area contributed by atoms with Crippen molar-refractivity contribution in [2.24, 2.45) is 5.92 Å². The van der Waals surface area contributed by atoms with Crippen molar-refractivity contribution in [3.63, 3.8) is 0 Å². The van der Waals surface area contributed by atoms with E-state index < -0.39 is 17.7 Å². The van der Waals surface area contributed by atoms with Crippen LogP contribution in [0.3, 0.4) is 0 Å². The molecule has 0 aliphatic carbocycles. The van der Waals surface area contributed by atoms with Crippen molar-refractivity contribution in [3.8, 4) is 0 Å². The molecule has 0 spiro atoms. The third-order valence-corrected chi connectivity index (χ3v) is 0.735. The molecule has 0 radical (unpaired) electrons. The van der Waals surface area contributed by atoms with Crippen LogP contribution in [-0.4, -0.2) is 46.4 Å². The summed E-state index contributed by atoms with van der Waals surface area (Å²) in [6, 6.07) is 0. The summed E-state index contributed by atoms with van der Waals surface area (Å²) in [7, 11) is 0. The molecule has 0 amide bonds. The fourth-order valence-electron chi connectivity index (χ4n) is 0.247. The molecular formula is C5H9NaO3. The number of rotatable bonds is 2.